The van der Waals surface area contributed by atoms with Gasteiger partial charge in [-0.1, -0.05) is 26.0 Å². The van der Waals surface area contributed by atoms with Crippen LogP contribution in [0.15, 0.2) is 18.2 Å². The van der Waals surface area contributed by atoms with E-state index in [1.54, 1.807) is 0 Å². The maximum absolute atomic E-state index is 12.4. The summed E-state index contributed by atoms with van der Waals surface area (Å²) in [6, 6.07) is 5.68. The maximum Gasteiger partial charge on any atom is 0.231 e. The fourth-order valence-corrected chi connectivity index (χ4v) is 2.45. The van der Waals surface area contributed by atoms with Gasteiger partial charge in [0, 0.05) is 18.7 Å². The smallest absolute Gasteiger partial charge is 0.231 e. The van der Waals surface area contributed by atoms with E-state index in [4.69, 9.17) is 15.2 Å². The second-order valence-electron chi connectivity index (χ2n) is 5.03. The fourth-order valence-electron chi connectivity index (χ4n) is 2.45. The van der Waals surface area contributed by atoms with Crippen LogP contribution in [0.25, 0.3) is 0 Å². The lowest BCUT2D eigenvalue weighted by atomic mass is 9.81. The van der Waals surface area contributed by atoms with Crippen molar-refractivity contribution in [3.63, 3.8) is 0 Å². The molecule has 0 atom stereocenters. The standard InChI is InChI=1S/C15H22N2O3.ClH/c1-3-15(4-2,9-16)14(18)17-8-11-6-5-7-12-13(11)20-10-19-12;/h5-7H,3-4,8-10,16H2,1-2H3,(H,17,18);1H. The summed E-state index contributed by atoms with van der Waals surface area (Å²) in [5.41, 5.74) is 6.23. The minimum atomic E-state index is -0.477. The van der Waals surface area contributed by atoms with Gasteiger partial charge in [-0.25, -0.2) is 0 Å². The molecule has 6 heteroatoms. The second kappa shape index (κ2) is 7.52. The Balaban J connectivity index is 0.00000220. The van der Waals surface area contributed by atoms with Gasteiger partial charge < -0.3 is 20.5 Å². The SMILES string of the molecule is CCC(CC)(CN)C(=O)NCc1cccc2c1OCO2.Cl. The molecular formula is C15H23ClN2O3. The predicted octanol–water partition coefficient (Wildman–Crippen LogP) is 2.22. The van der Waals surface area contributed by atoms with Crippen molar-refractivity contribution in [3.8, 4) is 11.5 Å². The van der Waals surface area contributed by atoms with Crippen molar-refractivity contribution in [2.45, 2.75) is 33.2 Å². The van der Waals surface area contributed by atoms with E-state index >= 15 is 0 Å². The molecule has 5 nitrogen and oxygen atoms in total. The quantitative estimate of drug-likeness (QED) is 0.844. The van der Waals surface area contributed by atoms with Crippen LogP contribution >= 0.6 is 12.4 Å². The first-order valence-electron chi connectivity index (χ1n) is 7.02. The topological polar surface area (TPSA) is 73.6 Å². The first-order valence-corrected chi connectivity index (χ1v) is 7.02. The molecule has 1 aliphatic rings. The number of nitrogens with two attached hydrogens (primary N) is 1. The molecule has 2 rings (SSSR count). The summed E-state index contributed by atoms with van der Waals surface area (Å²) >= 11 is 0. The van der Waals surface area contributed by atoms with Crippen molar-refractivity contribution in [2.75, 3.05) is 13.3 Å². The Bertz CT molecular complexity index is 482. The molecule has 0 aliphatic carbocycles. The Morgan fingerprint density at radius 2 is 2.05 bits per heavy atom. The first-order chi connectivity index (χ1) is 9.66. The third kappa shape index (κ3) is 3.41. The van der Waals surface area contributed by atoms with E-state index in [0.29, 0.717) is 13.1 Å². The molecule has 1 heterocycles. The van der Waals surface area contributed by atoms with E-state index in [1.807, 2.05) is 32.0 Å². The molecule has 0 aromatic heterocycles. The minimum absolute atomic E-state index is 0. The molecule has 0 saturated carbocycles. The number of rotatable bonds is 6. The van der Waals surface area contributed by atoms with Gasteiger partial charge in [-0.05, 0) is 18.9 Å². The average molecular weight is 315 g/mol. The third-order valence-corrected chi connectivity index (χ3v) is 4.14. The van der Waals surface area contributed by atoms with E-state index < -0.39 is 5.41 Å². The number of hydrogen-bond donors (Lipinski definition) is 2. The van der Waals surface area contributed by atoms with Gasteiger partial charge in [0.1, 0.15) is 0 Å². The van der Waals surface area contributed by atoms with Crippen molar-refractivity contribution in [1.82, 2.24) is 5.32 Å². The molecule has 1 aromatic rings. The van der Waals surface area contributed by atoms with Crippen LogP contribution in [0.5, 0.6) is 11.5 Å². The molecule has 0 fully saturated rings. The molecule has 1 aromatic carbocycles. The Morgan fingerprint density at radius 3 is 2.67 bits per heavy atom. The van der Waals surface area contributed by atoms with Gasteiger partial charge in [0.25, 0.3) is 0 Å². The number of benzene rings is 1. The molecule has 118 valence electrons. The van der Waals surface area contributed by atoms with Gasteiger partial charge in [0.2, 0.25) is 12.7 Å². The van der Waals surface area contributed by atoms with Crippen LogP contribution < -0.4 is 20.5 Å². The van der Waals surface area contributed by atoms with Gasteiger partial charge in [0.05, 0.1) is 5.41 Å². The van der Waals surface area contributed by atoms with E-state index in [0.717, 1.165) is 29.9 Å². The molecule has 21 heavy (non-hydrogen) atoms. The highest BCUT2D eigenvalue weighted by Crippen LogP contribution is 2.35. The zero-order valence-electron chi connectivity index (χ0n) is 12.5. The van der Waals surface area contributed by atoms with Gasteiger partial charge in [-0.2, -0.15) is 0 Å². The first kappa shape index (κ1) is 17.6. The Kier molecular flexibility index (Phi) is 6.30. The van der Waals surface area contributed by atoms with E-state index in [-0.39, 0.29) is 25.1 Å². The number of halogens is 1. The van der Waals surface area contributed by atoms with Crippen LogP contribution in [0.2, 0.25) is 0 Å². The molecule has 0 spiro atoms. The Morgan fingerprint density at radius 1 is 1.33 bits per heavy atom. The summed E-state index contributed by atoms with van der Waals surface area (Å²) in [7, 11) is 0. The van der Waals surface area contributed by atoms with Crippen LogP contribution in [0.1, 0.15) is 32.3 Å². The molecule has 0 unspecified atom stereocenters. The maximum atomic E-state index is 12.4. The van der Waals surface area contributed by atoms with Crippen molar-refractivity contribution < 1.29 is 14.3 Å². The fraction of sp³-hybridized carbons (Fsp3) is 0.533. The Hall–Kier alpha value is -1.46. The number of carbonyl (C=O) groups is 1. The number of hydrogen-bond acceptors (Lipinski definition) is 4. The third-order valence-electron chi connectivity index (χ3n) is 4.14. The number of nitrogens with one attached hydrogen (secondary N) is 1. The van der Waals surface area contributed by atoms with Crippen LogP contribution in [-0.4, -0.2) is 19.2 Å². The van der Waals surface area contributed by atoms with Crippen LogP contribution in [0, 0.1) is 5.41 Å². The average Bonchev–Trinajstić information content (AvgIpc) is 2.96. The molecule has 0 bridgehead atoms. The highest BCUT2D eigenvalue weighted by molar-refractivity contribution is 5.85. The number of amides is 1. The highest BCUT2D eigenvalue weighted by Gasteiger charge is 2.33. The zero-order valence-corrected chi connectivity index (χ0v) is 13.3. The number of para-hydroxylation sites is 1. The summed E-state index contributed by atoms with van der Waals surface area (Å²) in [6.45, 7) is 5.00. The summed E-state index contributed by atoms with van der Waals surface area (Å²) in [6.07, 6.45) is 1.47. The van der Waals surface area contributed by atoms with Gasteiger partial charge in [0.15, 0.2) is 11.5 Å². The number of carbonyl (C=O) groups excluding carboxylic acids is 1. The molecular weight excluding hydrogens is 292 g/mol. The molecule has 3 N–H and O–H groups in total. The number of fused-ring (bicyclic) bond motifs is 1. The van der Waals surface area contributed by atoms with Crippen LogP contribution in [0.4, 0.5) is 0 Å². The predicted molar refractivity (Wildman–Crippen MR) is 83.7 cm³/mol. The van der Waals surface area contributed by atoms with E-state index in [9.17, 15) is 4.79 Å². The summed E-state index contributed by atoms with van der Waals surface area (Å²) in [4.78, 5) is 12.4. The lowest BCUT2D eigenvalue weighted by Gasteiger charge is -2.28. The van der Waals surface area contributed by atoms with Crippen LogP contribution in [-0.2, 0) is 11.3 Å². The van der Waals surface area contributed by atoms with Gasteiger partial charge >= 0.3 is 0 Å². The lowest BCUT2D eigenvalue weighted by Crippen LogP contribution is -2.45. The molecule has 1 aliphatic heterocycles. The minimum Gasteiger partial charge on any atom is -0.454 e. The van der Waals surface area contributed by atoms with E-state index in [2.05, 4.69) is 5.32 Å². The summed E-state index contributed by atoms with van der Waals surface area (Å²) < 4.78 is 10.8. The summed E-state index contributed by atoms with van der Waals surface area (Å²) in [5, 5.41) is 2.97. The summed E-state index contributed by atoms with van der Waals surface area (Å²) in [5.74, 6) is 1.45. The molecule has 0 saturated heterocycles. The van der Waals surface area contributed by atoms with Crippen molar-refractivity contribution in [2.24, 2.45) is 11.1 Å². The second-order valence-corrected chi connectivity index (χ2v) is 5.03. The zero-order chi connectivity index (χ0) is 14.6. The van der Waals surface area contributed by atoms with Crippen molar-refractivity contribution >= 4 is 18.3 Å². The van der Waals surface area contributed by atoms with Crippen molar-refractivity contribution in [3.05, 3.63) is 23.8 Å². The van der Waals surface area contributed by atoms with E-state index in [1.165, 1.54) is 0 Å². The van der Waals surface area contributed by atoms with Crippen LogP contribution in [0.3, 0.4) is 0 Å². The van der Waals surface area contributed by atoms with Gasteiger partial charge in [-0.3, -0.25) is 4.79 Å². The number of ether oxygens (including phenoxy) is 2. The lowest BCUT2D eigenvalue weighted by molar-refractivity contribution is -0.131. The van der Waals surface area contributed by atoms with Crippen molar-refractivity contribution in [1.29, 1.82) is 0 Å². The monoisotopic (exact) mass is 314 g/mol. The largest absolute Gasteiger partial charge is 0.454 e. The normalized spacial score (nSPS) is 12.7. The molecule has 1 amide bonds. The highest BCUT2D eigenvalue weighted by atomic mass is 35.5. The molecule has 0 radical (unpaired) electrons. The van der Waals surface area contributed by atoms with Gasteiger partial charge in [-0.15, -0.1) is 12.4 Å². The Labute approximate surface area is 131 Å².